The largest absolute Gasteiger partial charge is 0.325 e. The molecule has 1 fully saturated rings. The van der Waals surface area contributed by atoms with Crippen LogP contribution in [0.15, 0.2) is 30.3 Å². The third kappa shape index (κ3) is 3.46. The Kier molecular flexibility index (Phi) is 5.21. The van der Waals surface area contributed by atoms with Gasteiger partial charge in [0.15, 0.2) is 0 Å². The van der Waals surface area contributed by atoms with Crippen molar-refractivity contribution in [2.45, 2.75) is 50.5 Å². The Balaban J connectivity index is 1.23. The number of hydrogen-bond donors (Lipinski definition) is 3. The van der Waals surface area contributed by atoms with Gasteiger partial charge in [-0.1, -0.05) is 24.3 Å². The van der Waals surface area contributed by atoms with E-state index in [1.807, 2.05) is 30.3 Å². The summed E-state index contributed by atoms with van der Waals surface area (Å²) in [5, 5.41) is 2.82. The topological polar surface area (TPSA) is 108 Å². The molecular weight excluding hydrogens is 428 g/mol. The van der Waals surface area contributed by atoms with Gasteiger partial charge in [-0.3, -0.25) is 30.1 Å². The first-order chi connectivity index (χ1) is 15.5. The van der Waals surface area contributed by atoms with E-state index in [2.05, 4.69) is 16.2 Å². The Morgan fingerprint density at radius 3 is 2.66 bits per heavy atom. The second-order valence-corrected chi connectivity index (χ2v) is 9.64. The number of amides is 5. The molecule has 1 aromatic heterocycles. The highest BCUT2D eigenvalue weighted by Gasteiger charge is 2.54. The summed E-state index contributed by atoms with van der Waals surface area (Å²) < 4.78 is 0. The van der Waals surface area contributed by atoms with E-state index in [4.69, 9.17) is 0 Å². The number of imide groups is 1. The Morgan fingerprint density at radius 1 is 1.03 bits per heavy atom. The minimum Gasteiger partial charge on any atom is -0.319 e. The van der Waals surface area contributed by atoms with Gasteiger partial charge in [0.05, 0.1) is 4.88 Å². The number of nitrogens with one attached hydrogen (secondary N) is 3. The fraction of sp³-hybridized carbons (Fsp3) is 0.391. The molecule has 8 nitrogen and oxygen atoms in total. The molecule has 2 aliphatic carbocycles. The van der Waals surface area contributed by atoms with Crippen molar-refractivity contribution in [1.82, 2.24) is 21.1 Å². The predicted molar refractivity (Wildman–Crippen MR) is 118 cm³/mol. The van der Waals surface area contributed by atoms with Crippen LogP contribution < -0.4 is 16.2 Å². The number of hydrazine groups is 1. The average molecular weight is 453 g/mol. The SMILES string of the molecule is O=C(CN1C(=O)NC2(CCCc3ccccc32)C1=O)NNC(=O)c1cc2c(s1)CCCC2. The maximum absolute atomic E-state index is 13.2. The zero-order valence-corrected chi connectivity index (χ0v) is 18.3. The minimum absolute atomic E-state index is 0.396. The lowest BCUT2D eigenvalue weighted by molar-refractivity contribution is -0.135. The molecule has 0 saturated carbocycles. The third-order valence-electron chi connectivity index (χ3n) is 6.49. The van der Waals surface area contributed by atoms with Crippen LogP contribution in [-0.2, 0) is 34.4 Å². The van der Waals surface area contributed by atoms with Crippen molar-refractivity contribution in [2.24, 2.45) is 0 Å². The van der Waals surface area contributed by atoms with Crippen LogP contribution in [0.5, 0.6) is 0 Å². The number of benzene rings is 1. The van der Waals surface area contributed by atoms with Crippen LogP contribution in [0.3, 0.4) is 0 Å². The first-order valence-corrected chi connectivity index (χ1v) is 11.7. The molecule has 0 bridgehead atoms. The zero-order chi connectivity index (χ0) is 22.3. The lowest BCUT2D eigenvalue weighted by Crippen LogP contribution is -2.49. The van der Waals surface area contributed by atoms with Crippen LogP contribution in [0.2, 0.25) is 0 Å². The van der Waals surface area contributed by atoms with Gasteiger partial charge in [-0.05, 0) is 67.7 Å². The summed E-state index contributed by atoms with van der Waals surface area (Å²) in [6.07, 6.45) is 6.32. The Morgan fingerprint density at radius 2 is 1.81 bits per heavy atom. The summed E-state index contributed by atoms with van der Waals surface area (Å²) in [5.41, 5.74) is 6.64. The van der Waals surface area contributed by atoms with Gasteiger partial charge in [0.2, 0.25) is 0 Å². The van der Waals surface area contributed by atoms with Crippen LogP contribution in [0.4, 0.5) is 4.79 Å². The second-order valence-electron chi connectivity index (χ2n) is 8.51. The highest BCUT2D eigenvalue weighted by Crippen LogP contribution is 2.39. The van der Waals surface area contributed by atoms with Crippen LogP contribution in [0.25, 0.3) is 0 Å². The van der Waals surface area contributed by atoms with Gasteiger partial charge in [-0.2, -0.15) is 0 Å². The summed E-state index contributed by atoms with van der Waals surface area (Å²) in [4.78, 5) is 53.4. The number of nitrogens with zero attached hydrogens (tertiary/aromatic N) is 1. The quantitative estimate of drug-likeness (QED) is 0.490. The molecule has 1 spiro atoms. The van der Waals surface area contributed by atoms with Crippen LogP contribution >= 0.6 is 11.3 Å². The smallest absolute Gasteiger partial charge is 0.319 e. The van der Waals surface area contributed by atoms with Gasteiger partial charge in [0.25, 0.3) is 17.7 Å². The van der Waals surface area contributed by atoms with Crippen LogP contribution in [0.1, 0.15) is 56.9 Å². The first-order valence-electron chi connectivity index (χ1n) is 10.9. The van der Waals surface area contributed by atoms with Crippen LogP contribution in [-0.4, -0.2) is 35.2 Å². The maximum Gasteiger partial charge on any atom is 0.325 e. The molecule has 5 amide bonds. The molecule has 1 atom stereocenters. The molecule has 3 aliphatic rings. The van der Waals surface area contributed by atoms with Crippen molar-refractivity contribution in [3.05, 3.63) is 56.8 Å². The van der Waals surface area contributed by atoms with Crippen molar-refractivity contribution in [3.63, 3.8) is 0 Å². The molecule has 0 radical (unpaired) electrons. The summed E-state index contributed by atoms with van der Waals surface area (Å²) >= 11 is 1.44. The number of aryl methyl sites for hydroxylation is 3. The zero-order valence-electron chi connectivity index (χ0n) is 17.5. The molecule has 1 aliphatic heterocycles. The van der Waals surface area contributed by atoms with Gasteiger partial charge < -0.3 is 5.32 Å². The minimum atomic E-state index is -1.12. The summed E-state index contributed by atoms with van der Waals surface area (Å²) in [6.45, 7) is -0.462. The number of urea groups is 1. The van der Waals surface area contributed by atoms with Crippen molar-refractivity contribution >= 4 is 35.1 Å². The van der Waals surface area contributed by atoms with Crippen molar-refractivity contribution in [2.75, 3.05) is 6.54 Å². The molecule has 3 N–H and O–H groups in total. The lowest BCUT2D eigenvalue weighted by Gasteiger charge is -2.33. The normalized spacial score (nSPS) is 21.7. The fourth-order valence-electron chi connectivity index (χ4n) is 4.93. The highest BCUT2D eigenvalue weighted by molar-refractivity contribution is 7.14. The molecule has 1 unspecified atom stereocenters. The van der Waals surface area contributed by atoms with Gasteiger partial charge >= 0.3 is 6.03 Å². The molecule has 1 aromatic carbocycles. The van der Waals surface area contributed by atoms with Crippen molar-refractivity contribution < 1.29 is 19.2 Å². The monoisotopic (exact) mass is 452 g/mol. The van der Waals surface area contributed by atoms with Gasteiger partial charge in [0.1, 0.15) is 12.1 Å². The van der Waals surface area contributed by atoms with E-state index in [1.54, 1.807) is 0 Å². The molecule has 32 heavy (non-hydrogen) atoms. The molecule has 5 rings (SSSR count). The van der Waals surface area contributed by atoms with E-state index in [-0.39, 0.29) is 0 Å². The van der Waals surface area contributed by atoms with Crippen molar-refractivity contribution in [3.8, 4) is 0 Å². The predicted octanol–water partition coefficient (Wildman–Crippen LogP) is 2.17. The third-order valence-corrected chi connectivity index (χ3v) is 7.72. The Labute approximate surface area is 189 Å². The van der Waals surface area contributed by atoms with E-state index in [0.717, 1.165) is 54.6 Å². The van der Waals surface area contributed by atoms with E-state index >= 15 is 0 Å². The molecule has 2 aromatic rings. The highest BCUT2D eigenvalue weighted by atomic mass is 32.1. The fourth-order valence-corrected chi connectivity index (χ4v) is 6.08. The van der Waals surface area contributed by atoms with Gasteiger partial charge in [-0.25, -0.2) is 4.79 Å². The molecule has 9 heteroatoms. The summed E-state index contributed by atoms with van der Waals surface area (Å²) in [5.74, 6) is -1.46. The van der Waals surface area contributed by atoms with E-state index in [9.17, 15) is 19.2 Å². The molecular formula is C23H24N4O4S. The number of thiophene rings is 1. The lowest BCUT2D eigenvalue weighted by atomic mass is 9.76. The standard InChI is InChI=1S/C23H24N4O4S/c28-19(25-26-20(29)18-12-15-7-2-4-10-17(15)32-18)13-27-21(30)23(24-22(27)31)11-5-8-14-6-1-3-9-16(14)23/h1,3,6,9,12H,2,4-5,7-8,10-11,13H2,(H,24,31)(H,25,28)(H,26,29). The van der Waals surface area contributed by atoms with Crippen molar-refractivity contribution in [1.29, 1.82) is 0 Å². The van der Waals surface area contributed by atoms with E-state index in [1.165, 1.54) is 21.8 Å². The number of carbonyl (C=O) groups excluding carboxylic acids is 4. The summed E-state index contributed by atoms with van der Waals surface area (Å²) in [6, 6.07) is 8.86. The van der Waals surface area contributed by atoms with E-state index in [0.29, 0.717) is 11.3 Å². The second kappa shape index (κ2) is 8.05. The van der Waals surface area contributed by atoms with Gasteiger partial charge in [-0.15, -0.1) is 11.3 Å². The number of hydrogen-bond acceptors (Lipinski definition) is 5. The molecule has 2 heterocycles. The number of fused-ring (bicyclic) bond motifs is 3. The first kappa shape index (κ1) is 20.7. The maximum atomic E-state index is 13.2. The Bertz CT molecular complexity index is 1100. The molecule has 166 valence electrons. The number of carbonyl (C=O) groups is 4. The van der Waals surface area contributed by atoms with E-state index < -0.39 is 35.8 Å². The van der Waals surface area contributed by atoms with Gasteiger partial charge in [0, 0.05) is 4.88 Å². The summed E-state index contributed by atoms with van der Waals surface area (Å²) in [7, 11) is 0. The van der Waals surface area contributed by atoms with Crippen LogP contribution in [0, 0.1) is 0 Å². The molecule has 1 saturated heterocycles. The average Bonchev–Trinajstić information content (AvgIpc) is 3.33. The number of rotatable bonds is 3. The Hall–Kier alpha value is -3.20.